The largest absolute Gasteiger partial charge is 0.381 e. The first-order chi connectivity index (χ1) is 10.2. The van der Waals surface area contributed by atoms with E-state index < -0.39 is 0 Å². The summed E-state index contributed by atoms with van der Waals surface area (Å²) < 4.78 is 0. The van der Waals surface area contributed by atoms with Crippen molar-refractivity contribution in [1.82, 2.24) is 0 Å². The molecule has 4 heteroatoms. The van der Waals surface area contributed by atoms with E-state index in [4.69, 9.17) is 28.5 Å². The van der Waals surface area contributed by atoms with Crippen molar-refractivity contribution in [3.63, 3.8) is 0 Å². The Bertz CT molecular complexity index is 700. The quantitative estimate of drug-likeness (QED) is 0.842. The zero-order valence-electron chi connectivity index (χ0n) is 11.3. The lowest BCUT2D eigenvalue weighted by Crippen LogP contribution is -2.34. The van der Waals surface area contributed by atoms with E-state index in [1.54, 1.807) is 18.2 Å². The fraction of sp³-hybridized carbons (Fsp3) is 0.235. The van der Waals surface area contributed by atoms with Crippen molar-refractivity contribution in [1.29, 1.82) is 5.26 Å². The standard InChI is InChI=1S/C17H14Cl2N2/c18-14-3-1-2-12(7-14)13-8-15(9-13)21-17-6-11(10-20)4-5-16(17)19/h1-7,13,15,21H,8-9H2. The molecule has 1 aliphatic rings. The van der Waals surface area contributed by atoms with Gasteiger partial charge in [-0.1, -0.05) is 35.3 Å². The van der Waals surface area contributed by atoms with Gasteiger partial charge < -0.3 is 5.32 Å². The Kier molecular flexibility index (Phi) is 4.05. The minimum absolute atomic E-state index is 0.389. The Hall–Kier alpha value is -1.69. The van der Waals surface area contributed by atoms with E-state index in [1.807, 2.05) is 18.2 Å². The van der Waals surface area contributed by atoms with Crippen LogP contribution in [0.5, 0.6) is 0 Å². The van der Waals surface area contributed by atoms with E-state index in [1.165, 1.54) is 5.56 Å². The monoisotopic (exact) mass is 316 g/mol. The average Bonchev–Trinajstić information content (AvgIpc) is 2.44. The van der Waals surface area contributed by atoms with Gasteiger partial charge in [0.05, 0.1) is 22.3 Å². The van der Waals surface area contributed by atoms with Gasteiger partial charge in [-0.25, -0.2) is 0 Å². The lowest BCUT2D eigenvalue weighted by molar-refractivity contribution is 0.374. The van der Waals surface area contributed by atoms with Gasteiger partial charge >= 0.3 is 0 Å². The fourth-order valence-corrected chi connectivity index (χ4v) is 3.06. The molecule has 0 spiro atoms. The number of nitrogens with zero attached hydrogens (tertiary/aromatic N) is 1. The second-order valence-electron chi connectivity index (χ2n) is 5.37. The van der Waals surface area contributed by atoms with Crippen LogP contribution in [0.4, 0.5) is 5.69 Å². The molecule has 1 fully saturated rings. The highest BCUT2D eigenvalue weighted by Crippen LogP contribution is 2.40. The molecule has 2 aromatic carbocycles. The number of hydrogen-bond acceptors (Lipinski definition) is 2. The molecule has 2 nitrogen and oxygen atoms in total. The minimum Gasteiger partial charge on any atom is -0.381 e. The summed E-state index contributed by atoms with van der Waals surface area (Å²) in [4.78, 5) is 0. The van der Waals surface area contributed by atoms with Crippen LogP contribution in [0.15, 0.2) is 42.5 Å². The third kappa shape index (κ3) is 3.15. The van der Waals surface area contributed by atoms with Crippen LogP contribution in [-0.2, 0) is 0 Å². The molecule has 0 radical (unpaired) electrons. The molecule has 1 saturated carbocycles. The number of nitriles is 1. The van der Waals surface area contributed by atoms with Crippen molar-refractivity contribution in [3.8, 4) is 6.07 Å². The van der Waals surface area contributed by atoms with Crippen molar-refractivity contribution < 1.29 is 0 Å². The topological polar surface area (TPSA) is 35.8 Å². The van der Waals surface area contributed by atoms with Crippen LogP contribution in [0, 0.1) is 11.3 Å². The van der Waals surface area contributed by atoms with Crippen molar-refractivity contribution in [3.05, 3.63) is 63.6 Å². The van der Waals surface area contributed by atoms with Crippen molar-refractivity contribution >= 4 is 28.9 Å². The Balaban J connectivity index is 1.64. The van der Waals surface area contributed by atoms with Crippen LogP contribution in [0.1, 0.15) is 29.9 Å². The van der Waals surface area contributed by atoms with Gasteiger partial charge in [0.25, 0.3) is 0 Å². The Morgan fingerprint density at radius 1 is 1.10 bits per heavy atom. The molecule has 3 rings (SSSR count). The summed E-state index contributed by atoms with van der Waals surface area (Å²) >= 11 is 12.2. The van der Waals surface area contributed by atoms with Crippen molar-refractivity contribution in [2.45, 2.75) is 24.8 Å². The molecule has 0 saturated heterocycles. The van der Waals surface area contributed by atoms with E-state index in [0.717, 1.165) is 23.6 Å². The molecule has 0 amide bonds. The van der Waals surface area contributed by atoms with Gasteiger partial charge in [-0.3, -0.25) is 0 Å². The highest BCUT2D eigenvalue weighted by atomic mass is 35.5. The van der Waals surface area contributed by atoms with E-state index in [0.29, 0.717) is 22.5 Å². The normalized spacial score (nSPS) is 20.4. The number of rotatable bonds is 3. The van der Waals surface area contributed by atoms with Crippen LogP contribution in [0.3, 0.4) is 0 Å². The first-order valence-electron chi connectivity index (χ1n) is 6.87. The number of benzene rings is 2. The van der Waals surface area contributed by atoms with Crippen LogP contribution in [-0.4, -0.2) is 6.04 Å². The van der Waals surface area contributed by atoms with Crippen molar-refractivity contribution in [2.75, 3.05) is 5.32 Å². The summed E-state index contributed by atoms with van der Waals surface area (Å²) in [6, 6.07) is 15.8. The molecule has 0 bridgehead atoms. The number of anilines is 1. The molecule has 0 atom stereocenters. The molecular weight excluding hydrogens is 303 g/mol. The van der Waals surface area contributed by atoms with Gasteiger partial charge in [0.15, 0.2) is 0 Å². The first-order valence-corrected chi connectivity index (χ1v) is 7.63. The predicted octanol–water partition coefficient (Wildman–Crippen LogP) is 5.22. The maximum absolute atomic E-state index is 8.94. The number of hydrogen-bond donors (Lipinski definition) is 1. The van der Waals surface area contributed by atoms with Gasteiger partial charge in [-0.2, -0.15) is 5.26 Å². The van der Waals surface area contributed by atoms with Gasteiger partial charge in [0, 0.05) is 11.1 Å². The molecule has 0 aliphatic heterocycles. The second-order valence-corrected chi connectivity index (χ2v) is 6.21. The molecule has 1 N–H and O–H groups in total. The van der Waals surface area contributed by atoms with Crippen LogP contribution < -0.4 is 5.32 Å². The lowest BCUT2D eigenvalue weighted by Gasteiger charge is -2.37. The van der Waals surface area contributed by atoms with Crippen LogP contribution in [0.2, 0.25) is 10.0 Å². The summed E-state index contributed by atoms with van der Waals surface area (Å²) in [6.45, 7) is 0. The summed E-state index contributed by atoms with van der Waals surface area (Å²) in [5.74, 6) is 0.541. The van der Waals surface area contributed by atoms with E-state index in [-0.39, 0.29) is 0 Å². The summed E-state index contributed by atoms with van der Waals surface area (Å²) in [6.07, 6.45) is 2.10. The van der Waals surface area contributed by atoms with E-state index >= 15 is 0 Å². The smallest absolute Gasteiger partial charge is 0.0992 e. The molecule has 1 aliphatic carbocycles. The fourth-order valence-electron chi connectivity index (χ4n) is 2.69. The molecule has 106 valence electrons. The highest BCUT2D eigenvalue weighted by Gasteiger charge is 2.30. The summed E-state index contributed by atoms with van der Waals surface area (Å²) in [5, 5.41) is 13.8. The molecular formula is C17H14Cl2N2. The second kappa shape index (κ2) is 5.97. The van der Waals surface area contributed by atoms with Crippen LogP contribution >= 0.6 is 23.2 Å². The summed E-state index contributed by atoms with van der Waals surface area (Å²) in [7, 11) is 0. The van der Waals surface area contributed by atoms with Gasteiger partial charge in [0.1, 0.15) is 0 Å². The molecule has 21 heavy (non-hydrogen) atoms. The Morgan fingerprint density at radius 2 is 1.90 bits per heavy atom. The average molecular weight is 317 g/mol. The molecule has 0 unspecified atom stereocenters. The highest BCUT2D eigenvalue weighted by molar-refractivity contribution is 6.33. The zero-order chi connectivity index (χ0) is 14.8. The van der Waals surface area contributed by atoms with Gasteiger partial charge in [-0.15, -0.1) is 0 Å². The third-order valence-corrected chi connectivity index (χ3v) is 4.48. The third-order valence-electron chi connectivity index (χ3n) is 3.91. The predicted molar refractivity (Wildman–Crippen MR) is 87.0 cm³/mol. The molecule has 2 aromatic rings. The maximum atomic E-state index is 8.94. The zero-order valence-corrected chi connectivity index (χ0v) is 12.8. The lowest BCUT2D eigenvalue weighted by atomic mass is 9.76. The Labute approximate surface area is 134 Å². The van der Waals surface area contributed by atoms with Crippen LogP contribution in [0.25, 0.3) is 0 Å². The van der Waals surface area contributed by atoms with E-state index in [2.05, 4.69) is 17.5 Å². The maximum Gasteiger partial charge on any atom is 0.0992 e. The number of halogens is 2. The van der Waals surface area contributed by atoms with Gasteiger partial charge in [-0.05, 0) is 54.7 Å². The molecule has 0 heterocycles. The molecule has 0 aromatic heterocycles. The minimum atomic E-state index is 0.389. The number of nitrogens with one attached hydrogen (secondary N) is 1. The Morgan fingerprint density at radius 3 is 2.62 bits per heavy atom. The summed E-state index contributed by atoms with van der Waals surface area (Å²) in [5.41, 5.74) is 2.75. The van der Waals surface area contributed by atoms with Gasteiger partial charge in [0.2, 0.25) is 0 Å². The van der Waals surface area contributed by atoms with E-state index in [9.17, 15) is 0 Å². The first kappa shape index (κ1) is 14.3. The van der Waals surface area contributed by atoms with Crippen molar-refractivity contribution in [2.24, 2.45) is 0 Å². The SMILES string of the molecule is N#Cc1ccc(Cl)c(NC2CC(c3cccc(Cl)c3)C2)c1.